The summed E-state index contributed by atoms with van der Waals surface area (Å²) in [7, 11) is -0.864. The molecule has 27 heteroatoms. The highest BCUT2D eigenvalue weighted by molar-refractivity contribution is 8.44. The van der Waals surface area contributed by atoms with Crippen LogP contribution < -0.4 is 10.9 Å². The Labute approximate surface area is 335 Å². The highest BCUT2D eigenvalue weighted by Crippen LogP contribution is 2.57. The maximum absolute atomic E-state index is 16.4. The molecule has 3 fully saturated rings. The SMILES string of the molecule is COC(=O)N(C)Cc1ccccc1C(=O)Nc1ncnc2c1ncn2[C@@H]1OC2CO[P@@](=O)(S)O[C@@H]3[C@H](O)[C@@H](CO[PH](=O)O[C@H]2[C@H]1F)O[C@H]3n1cc(F)c2c(=O)[nH]cnc21. The van der Waals surface area contributed by atoms with Crippen molar-refractivity contribution in [1.82, 2.24) is 39.0 Å². The van der Waals surface area contributed by atoms with Crippen LogP contribution in [0.25, 0.3) is 22.2 Å². The number of aliphatic hydroxyl groups excluding tert-OH is 1. The Balaban J connectivity index is 1.03. The van der Waals surface area contributed by atoms with Crippen molar-refractivity contribution < 1.29 is 64.9 Å². The molecule has 2 bridgehead atoms. The number of thiol groups is 1. The number of nitrogens with zero attached hydrogens (tertiary/aromatic N) is 7. The molecule has 3 N–H and O–H groups in total. The van der Waals surface area contributed by atoms with Crippen molar-refractivity contribution in [2.24, 2.45) is 0 Å². The number of anilines is 1. The van der Waals surface area contributed by atoms with Crippen LogP contribution >= 0.6 is 27.3 Å². The van der Waals surface area contributed by atoms with Gasteiger partial charge in [-0.25, -0.2) is 38.1 Å². The van der Waals surface area contributed by atoms with E-state index in [1.807, 2.05) is 0 Å². The third-order valence-corrected chi connectivity index (χ3v) is 12.2. The van der Waals surface area contributed by atoms with Crippen molar-refractivity contribution in [2.45, 2.75) is 55.7 Å². The number of methoxy groups -OCH3 is 1. The Morgan fingerprint density at radius 2 is 1.90 bits per heavy atom. The molecule has 0 radical (unpaired) electrons. The molecule has 0 aliphatic carbocycles. The van der Waals surface area contributed by atoms with E-state index in [4.69, 9.17) is 32.3 Å². The minimum absolute atomic E-state index is 0.00249. The van der Waals surface area contributed by atoms with E-state index in [-0.39, 0.29) is 34.7 Å². The van der Waals surface area contributed by atoms with Gasteiger partial charge in [-0.2, -0.15) is 0 Å². The molecule has 10 atom stereocenters. The molecule has 0 saturated carbocycles. The fourth-order valence-electron chi connectivity index (χ4n) is 6.94. The highest BCUT2D eigenvalue weighted by atomic mass is 32.7. The zero-order valence-corrected chi connectivity index (χ0v) is 33.3. The van der Waals surface area contributed by atoms with Crippen molar-refractivity contribution in [3.05, 3.63) is 76.7 Å². The average Bonchev–Trinajstić information content (AvgIpc) is 3.96. The predicted octanol–water partition coefficient (Wildman–Crippen LogP) is 2.89. The summed E-state index contributed by atoms with van der Waals surface area (Å²) in [6.45, 7) is -5.86. The number of carbonyl (C=O) groups is 2. The third-order valence-electron chi connectivity index (χ3n) is 9.70. The Bertz CT molecular complexity index is 2570. The fraction of sp³-hybridized carbons (Fsp3) is 0.406. The molecule has 8 rings (SSSR count). The second-order valence-electron chi connectivity index (χ2n) is 13.3. The number of rotatable bonds is 6. The van der Waals surface area contributed by atoms with E-state index in [2.05, 4.69) is 42.5 Å². The maximum atomic E-state index is 16.4. The summed E-state index contributed by atoms with van der Waals surface area (Å²) in [6.07, 6.45) is -9.41. The van der Waals surface area contributed by atoms with Gasteiger partial charge < -0.3 is 48.1 Å². The summed E-state index contributed by atoms with van der Waals surface area (Å²) < 4.78 is 99.0. The first kappa shape index (κ1) is 41.1. The minimum atomic E-state index is -4.54. The van der Waals surface area contributed by atoms with Crippen LogP contribution in [0.15, 0.2) is 54.2 Å². The van der Waals surface area contributed by atoms with Crippen molar-refractivity contribution in [1.29, 1.82) is 0 Å². The first-order valence-electron chi connectivity index (χ1n) is 17.5. The average molecular weight is 884 g/mol. The zero-order valence-electron chi connectivity index (χ0n) is 30.5. The number of aromatic nitrogens is 7. The molecule has 2 amide bonds. The number of hydrogen-bond donors (Lipinski definition) is 4. The Morgan fingerprint density at radius 3 is 2.69 bits per heavy atom. The second-order valence-corrected chi connectivity index (χ2v) is 17.2. The number of hydrogen-bond acceptors (Lipinski definition) is 17. The predicted molar refractivity (Wildman–Crippen MR) is 200 cm³/mol. The smallest absolute Gasteiger partial charge is 0.409 e. The molecule has 314 valence electrons. The molecular weight excluding hydrogens is 850 g/mol. The van der Waals surface area contributed by atoms with Gasteiger partial charge in [0.1, 0.15) is 42.2 Å². The van der Waals surface area contributed by atoms with Crippen molar-refractivity contribution in [2.75, 3.05) is 32.7 Å². The first-order chi connectivity index (χ1) is 28.2. The number of ether oxygens (including phenoxy) is 3. The number of amides is 2. The minimum Gasteiger partial charge on any atom is -0.453 e. The van der Waals surface area contributed by atoms with Crippen LogP contribution in [0.5, 0.6) is 0 Å². The van der Waals surface area contributed by atoms with Crippen LogP contribution in [0.3, 0.4) is 0 Å². The van der Waals surface area contributed by atoms with E-state index in [1.54, 1.807) is 24.3 Å². The van der Waals surface area contributed by atoms with Gasteiger partial charge in [0.2, 0.25) is 0 Å². The quantitative estimate of drug-likeness (QED) is 0.141. The number of aromatic amines is 1. The number of benzene rings is 1. The van der Waals surface area contributed by atoms with Gasteiger partial charge in [0, 0.05) is 25.4 Å². The standard InChI is InChI=1S/C32H33F2N9O13P2S/c1-41(32(47)50-2)7-14-5-3-4-6-15(14)28(45)40-25-21-27(37-11-35-25)43(13-39-21)30-20(34)23-18(54-30)10-52-58(49,59)56-24-22(44)17(9-51-57(48)55-23)53-31(24)42-8-16(33)19-26(42)36-12-38-29(19)46/h3-6,8,11-13,17-18,20,22-24,30-31,44,57H,7,9-10H2,1-2H3,(H,49,59)(H,36,38,46)(H,35,37,40,45)/t17-,18?,20-,22-,23-,24-,30-,31-,58-/m1/s1. The lowest BCUT2D eigenvalue weighted by Gasteiger charge is -2.26. The summed E-state index contributed by atoms with van der Waals surface area (Å²) in [5, 5.41) is 13.4. The molecule has 3 saturated heterocycles. The largest absolute Gasteiger partial charge is 0.453 e. The topological polar surface area (TPSA) is 263 Å². The molecule has 7 heterocycles. The van der Waals surface area contributed by atoms with Gasteiger partial charge in [-0.05, 0) is 11.6 Å². The molecule has 3 aliphatic heterocycles. The summed E-state index contributed by atoms with van der Waals surface area (Å²) >= 11 is 4.05. The van der Waals surface area contributed by atoms with Crippen LogP contribution in [0, 0.1) is 5.82 Å². The van der Waals surface area contributed by atoms with Gasteiger partial charge in [-0.1, -0.05) is 30.4 Å². The lowest BCUT2D eigenvalue weighted by molar-refractivity contribution is -0.0563. The first-order valence-corrected chi connectivity index (χ1v) is 21.4. The molecule has 22 nitrogen and oxygen atoms in total. The molecule has 4 aromatic heterocycles. The van der Waals surface area contributed by atoms with E-state index in [1.165, 1.54) is 30.0 Å². The fourth-order valence-corrected chi connectivity index (χ4v) is 9.27. The number of carbonyl (C=O) groups excluding carboxylic acids is 2. The maximum Gasteiger partial charge on any atom is 0.409 e. The summed E-state index contributed by atoms with van der Waals surface area (Å²) in [5.41, 5.74) is -0.261. The van der Waals surface area contributed by atoms with E-state index < -0.39 is 106 Å². The number of fused-ring (bicyclic) bond motifs is 5. The summed E-state index contributed by atoms with van der Waals surface area (Å²) in [5.74, 6) is -1.63. The molecule has 1 aromatic carbocycles. The van der Waals surface area contributed by atoms with E-state index in [0.29, 0.717) is 5.56 Å². The van der Waals surface area contributed by atoms with Crippen molar-refractivity contribution >= 4 is 67.3 Å². The van der Waals surface area contributed by atoms with Crippen LogP contribution in [0.2, 0.25) is 0 Å². The van der Waals surface area contributed by atoms with Crippen LogP contribution in [0.1, 0.15) is 28.4 Å². The lowest BCUT2D eigenvalue weighted by Crippen LogP contribution is -2.35. The number of imidazole rings is 1. The summed E-state index contributed by atoms with van der Waals surface area (Å²) in [4.78, 5) is 58.0. The molecular formula is C32H33F2N9O13P2S. The number of H-pyrrole nitrogens is 1. The monoisotopic (exact) mass is 883 g/mol. The Hall–Kier alpha value is -4.68. The van der Waals surface area contributed by atoms with Crippen LogP contribution in [-0.2, 0) is 48.0 Å². The van der Waals surface area contributed by atoms with Gasteiger partial charge >= 0.3 is 21.1 Å². The molecule has 2 unspecified atom stereocenters. The van der Waals surface area contributed by atoms with Gasteiger partial charge in [0.05, 0.1) is 33.0 Å². The van der Waals surface area contributed by atoms with Gasteiger partial charge in [0.15, 0.2) is 47.1 Å². The van der Waals surface area contributed by atoms with Crippen LogP contribution in [0.4, 0.5) is 19.4 Å². The number of halogens is 2. The normalized spacial score (nSPS) is 30.0. The van der Waals surface area contributed by atoms with Crippen molar-refractivity contribution in [3.8, 4) is 0 Å². The van der Waals surface area contributed by atoms with Crippen LogP contribution in [-0.4, -0.2) is 120 Å². The number of alkyl halides is 1. The summed E-state index contributed by atoms with van der Waals surface area (Å²) in [6, 6.07) is 6.54. The van der Waals surface area contributed by atoms with E-state index >= 15 is 4.39 Å². The molecule has 5 aromatic rings. The number of aliphatic hydroxyl groups is 1. The third kappa shape index (κ3) is 7.90. The lowest BCUT2D eigenvalue weighted by atomic mass is 10.1. The van der Waals surface area contributed by atoms with Gasteiger partial charge in [-0.3, -0.25) is 27.8 Å². The van der Waals surface area contributed by atoms with Gasteiger partial charge in [0.25, 0.3) is 11.5 Å². The molecule has 3 aliphatic rings. The van der Waals surface area contributed by atoms with Gasteiger partial charge in [-0.15, -0.1) is 0 Å². The van der Waals surface area contributed by atoms with E-state index in [0.717, 1.165) is 23.4 Å². The second kappa shape index (κ2) is 16.4. The zero-order chi connectivity index (χ0) is 41.7. The highest BCUT2D eigenvalue weighted by Gasteiger charge is 2.52. The number of nitrogens with one attached hydrogen (secondary N) is 2. The van der Waals surface area contributed by atoms with Crippen molar-refractivity contribution in [3.63, 3.8) is 0 Å². The van der Waals surface area contributed by atoms with E-state index in [9.17, 15) is 33.0 Å². The Kier molecular flexibility index (Phi) is 11.4. The Morgan fingerprint density at radius 1 is 1.12 bits per heavy atom. The molecule has 59 heavy (non-hydrogen) atoms. The molecule has 0 spiro atoms.